The Balaban J connectivity index is 1.17. The maximum absolute atomic E-state index is 4.13. The molecule has 0 saturated carbocycles. The summed E-state index contributed by atoms with van der Waals surface area (Å²) in [6, 6.07) is 62.5. The quantitative estimate of drug-likeness (QED) is 0.181. The van der Waals surface area contributed by atoms with Gasteiger partial charge in [0.25, 0.3) is 0 Å². The lowest BCUT2D eigenvalue weighted by Crippen LogP contribution is -2.43. The van der Waals surface area contributed by atoms with Gasteiger partial charge in [-0.25, -0.2) is 0 Å². The Labute approximate surface area is 323 Å². The zero-order chi connectivity index (χ0) is 36.1. The minimum atomic E-state index is -0.522. The highest BCUT2D eigenvalue weighted by atomic mass is 14.9. The van der Waals surface area contributed by atoms with Crippen molar-refractivity contribution in [2.24, 2.45) is 11.8 Å². The number of nitrogens with one attached hydrogen (secondary N) is 1. The highest BCUT2D eigenvalue weighted by Gasteiger charge is 2.59. The van der Waals surface area contributed by atoms with Crippen LogP contribution in [0.2, 0.25) is 0 Å². The molecule has 3 atom stereocenters. The van der Waals surface area contributed by atoms with Gasteiger partial charge in [0.2, 0.25) is 0 Å². The van der Waals surface area contributed by atoms with Gasteiger partial charge >= 0.3 is 0 Å². The summed E-state index contributed by atoms with van der Waals surface area (Å²) in [5.41, 5.74) is 18.9. The molecule has 1 nitrogen and oxygen atoms in total. The second kappa shape index (κ2) is 11.5. The summed E-state index contributed by atoms with van der Waals surface area (Å²) in [5.74, 6) is 0.926. The van der Waals surface area contributed by atoms with Crippen molar-refractivity contribution in [2.75, 3.05) is 5.32 Å². The minimum absolute atomic E-state index is 0.199. The van der Waals surface area contributed by atoms with Crippen molar-refractivity contribution < 1.29 is 0 Å². The molecule has 0 fully saturated rings. The van der Waals surface area contributed by atoms with Crippen LogP contribution < -0.4 is 5.32 Å². The normalized spacial score (nSPS) is 20.5. The third kappa shape index (κ3) is 3.98. The van der Waals surface area contributed by atoms with E-state index < -0.39 is 10.8 Å². The molecule has 260 valence electrons. The second-order valence-electron chi connectivity index (χ2n) is 15.9. The fourth-order valence-electron chi connectivity index (χ4n) is 11.4. The SMILES string of the molecule is C1=CC2CC=CC(Nc3cc4c(cc3-c3ccccc3)C3(c5ccccc5-4)c4ccccc4C4(c5ccccc5-c5ccccc54)c4ccccc43)C2C=C1. The van der Waals surface area contributed by atoms with Crippen LogP contribution in [0, 0.1) is 11.8 Å². The van der Waals surface area contributed by atoms with E-state index in [1.54, 1.807) is 0 Å². The predicted molar refractivity (Wildman–Crippen MR) is 226 cm³/mol. The summed E-state index contributed by atoms with van der Waals surface area (Å²) in [6.07, 6.45) is 15.1. The van der Waals surface area contributed by atoms with E-state index in [1.807, 2.05) is 0 Å². The second-order valence-corrected chi connectivity index (χ2v) is 15.9. The van der Waals surface area contributed by atoms with Crippen LogP contribution in [0.4, 0.5) is 5.69 Å². The van der Waals surface area contributed by atoms with Crippen LogP contribution in [0.1, 0.15) is 50.9 Å². The molecule has 3 unspecified atom stereocenters. The third-order valence-electron chi connectivity index (χ3n) is 13.5. The summed E-state index contributed by atoms with van der Waals surface area (Å²) in [6.45, 7) is 0. The molecule has 0 amide bonds. The number of hydrogen-bond acceptors (Lipinski definition) is 1. The van der Waals surface area contributed by atoms with Gasteiger partial charge in [-0.15, -0.1) is 0 Å². The van der Waals surface area contributed by atoms with Crippen LogP contribution in [0.25, 0.3) is 33.4 Å². The van der Waals surface area contributed by atoms with Crippen LogP contribution in [-0.2, 0) is 10.8 Å². The summed E-state index contributed by atoms with van der Waals surface area (Å²) in [7, 11) is 0. The van der Waals surface area contributed by atoms with Crippen molar-refractivity contribution in [3.8, 4) is 33.4 Å². The zero-order valence-corrected chi connectivity index (χ0v) is 30.5. The van der Waals surface area contributed by atoms with Crippen LogP contribution >= 0.6 is 0 Å². The molecule has 12 rings (SSSR count). The van der Waals surface area contributed by atoms with Crippen LogP contribution in [0.5, 0.6) is 0 Å². The van der Waals surface area contributed by atoms with Gasteiger partial charge in [0.05, 0.1) is 16.9 Å². The number of anilines is 1. The maximum atomic E-state index is 4.13. The smallest absolute Gasteiger partial charge is 0.0720 e. The van der Waals surface area contributed by atoms with E-state index >= 15 is 0 Å². The Hall–Kier alpha value is -6.44. The molecule has 0 bridgehead atoms. The molecular formula is C54H39N. The Morgan fingerprint density at radius 3 is 1.45 bits per heavy atom. The van der Waals surface area contributed by atoms with Crippen LogP contribution in [-0.4, -0.2) is 6.04 Å². The summed E-state index contributed by atoms with van der Waals surface area (Å²) >= 11 is 0. The molecule has 5 aliphatic rings. The number of benzene rings is 7. The van der Waals surface area contributed by atoms with E-state index in [9.17, 15) is 0 Å². The number of rotatable bonds is 3. The first kappa shape index (κ1) is 31.0. The number of fused-ring (bicyclic) bond motifs is 17. The highest BCUT2D eigenvalue weighted by Crippen LogP contribution is 2.67. The third-order valence-corrected chi connectivity index (χ3v) is 13.5. The highest BCUT2D eigenvalue weighted by molar-refractivity contribution is 5.96. The topological polar surface area (TPSA) is 12.0 Å². The molecule has 0 heterocycles. The molecular weight excluding hydrogens is 663 g/mol. The lowest BCUT2D eigenvalue weighted by atomic mass is 9.52. The van der Waals surface area contributed by atoms with Crippen molar-refractivity contribution in [1.29, 1.82) is 0 Å². The molecule has 0 aliphatic heterocycles. The average molecular weight is 702 g/mol. The first-order valence-electron chi connectivity index (χ1n) is 19.8. The largest absolute Gasteiger partial charge is 0.378 e. The van der Waals surface area contributed by atoms with Gasteiger partial charge in [0.1, 0.15) is 0 Å². The molecule has 0 radical (unpaired) electrons. The molecule has 55 heavy (non-hydrogen) atoms. The Morgan fingerprint density at radius 2 is 0.873 bits per heavy atom. The zero-order valence-electron chi connectivity index (χ0n) is 30.5. The van der Waals surface area contributed by atoms with Gasteiger partial charge in [0, 0.05) is 17.2 Å². The molecule has 7 aromatic rings. The van der Waals surface area contributed by atoms with E-state index in [1.165, 1.54) is 83.6 Å². The van der Waals surface area contributed by atoms with Gasteiger partial charge in [-0.2, -0.15) is 0 Å². The van der Waals surface area contributed by atoms with Crippen LogP contribution in [0.3, 0.4) is 0 Å². The van der Waals surface area contributed by atoms with Gasteiger partial charge in [-0.05, 0) is 96.8 Å². The van der Waals surface area contributed by atoms with E-state index in [-0.39, 0.29) is 6.04 Å². The number of hydrogen-bond donors (Lipinski definition) is 1. The average Bonchev–Trinajstić information content (AvgIpc) is 3.71. The van der Waals surface area contributed by atoms with E-state index in [2.05, 4.69) is 206 Å². The van der Waals surface area contributed by atoms with Gasteiger partial charge in [-0.1, -0.05) is 188 Å². The summed E-state index contributed by atoms with van der Waals surface area (Å²) in [4.78, 5) is 0. The molecule has 5 aliphatic carbocycles. The standard InChI is InChI=1S/C54H39N/c1-2-17-36(18-3-1)41-33-50-42(34-52(41)55-51-32-16-20-35-19-4-5-21-37(35)51)40-24-8-11-27-45(40)54(50)48-30-14-12-28-46(48)53(47-29-13-15-31-49(47)54)43-25-9-6-22-38(43)39-23-7-10-26-44(39)53/h1-19,21-35,37,51,55H,20H2. The lowest BCUT2D eigenvalue weighted by Gasteiger charge is -2.49. The van der Waals surface area contributed by atoms with Crippen molar-refractivity contribution >= 4 is 5.69 Å². The first-order chi connectivity index (χ1) is 27.3. The van der Waals surface area contributed by atoms with E-state index in [4.69, 9.17) is 0 Å². The predicted octanol–water partition coefficient (Wildman–Crippen LogP) is 12.5. The number of allylic oxidation sites excluding steroid dienone is 4. The molecule has 7 aromatic carbocycles. The van der Waals surface area contributed by atoms with Gasteiger partial charge < -0.3 is 5.32 Å². The summed E-state index contributed by atoms with van der Waals surface area (Å²) in [5, 5.41) is 4.13. The van der Waals surface area contributed by atoms with Crippen molar-refractivity contribution in [3.63, 3.8) is 0 Å². The van der Waals surface area contributed by atoms with Crippen molar-refractivity contribution in [2.45, 2.75) is 23.3 Å². The molecule has 0 aromatic heterocycles. The molecule has 2 spiro atoms. The van der Waals surface area contributed by atoms with Crippen molar-refractivity contribution in [3.05, 3.63) is 245 Å². The summed E-state index contributed by atoms with van der Waals surface area (Å²) < 4.78 is 0. The Morgan fingerprint density at radius 1 is 0.400 bits per heavy atom. The van der Waals surface area contributed by atoms with E-state index in [0.717, 1.165) is 6.42 Å². The van der Waals surface area contributed by atoms with Crippen molar-refractivity contribution in [1.82, 2.24) is 0 Å². The Kier molecular flexibility index (Phi) is 6.49. The monoisotopic (exact) mass is 701 g/mol. The van der Waals surface area contributed by atoms with Crippen LogP contribution in [0.15, 0.2) is 200 Å². The lowest BCUT2D eigenvalue weighted by molar-refractivity contribution is 0.431. The fraction of sp³-hybridized carbons (Fsp3) is 0.111. The maximum Gasteiger partial charge on any atom is 0.0720 e. The molecule has 1 N–H and O–H groups in total. The van der Waals surface area contributed by atoms with E-state index in [0.29, 0.717) is 11.8 Å². The Bertz CT molecular complexity index is 2700. The first-order valence-corrected chi connectivity index (χ1v) is 19.8. The molecule has 1 heteroatoms. The van der Waals surface area contributed by atoms with Gasteiger partial charge in [0.15, 0.2) is 0 Å². The fourth-order valence-corrected chi connectivity index (χ4v) is 11.4. The molecule has 0 saturated heterocycles. The minimum Gasteiger partial charge on any atom is -0.378 e. The van der Waals surface area contributed by atoms with Gasteiger partial charge in [-0.3, -0.25) is 0 Å².